The molecule has 0 saturated heterocycles. The Labute approximate surface area is 133 Å². The van der Waals surface area contributed by atoms with Gasteiger partial charge in [-0.25, -0.2) is 0 Å². The van der Waals surface area contributed by atoms with Gasteiger partial charge in [0, 0.05) is 13.0 Å². The van der Waals surface area contributed by atoms with Crippen LogP contribution in [-0.2, 0) is 11.0 Å². The highest BCUT2D eigenvalue weighted by atomic mass is 19.4. The summed E-state index contributed by atoms with van der Waals surface area (Å²) in [5.74, 6) is -0.218. The van der Waals surface area contributed by atoms with Gasteiger partial charge in [0.25, 0.3) is 0 Å². The predicted molar refractivity (Wildman–Crippen MR) is 80.6 cm³/mol. The molecule has 1 aromatic rings. The largest absolute Gasteiger partial charge is 0.416 e. The Hall–Kier alpha value is -1.82. The lowest BCUT2D eigenvalue weighted by molar-refractivity contribution is -0.137. The highest BCUT2D eigenvalue weighted by Gasteiger charge is 2.30. The first-order chi connectivity index (χ1) is 10.9. The van der Waals surface area contributed by atoms with E-state index in [-0.39, 0.29) is 24.4 Å². The first kappa shape index (κ1) is 17.5. The monoisotopic (exact) mass is 327 g/mol. The molecule has 0 spiro atoms. The zero-order valence-electron chi connectivity index (χ0n) is 12.7. The number of halogens is 3. The van der Waals surface area contributed by atoms with E-state index in [1.165, 1.54) is 12.1 Å². The SMILES string of the molecule is O=C(CC1=CCCCC1)NCC(O)c1cccc(C(F)(F)F)c1. The van der Waals surface area contributed by atoms with Crippen molar-refractivity contribution in [1.29, 1.82) is 0 Å². The average Bonchev–Trinajstić information content (AvgIpc) is 2.53. The van der Waals surface area contributed by atoms with E-state index in [4.69, 9.17) is 0 Å². The Balaban J connectivity index is 1.88. The third kappa shape index (κ3) is 5.39. The Morgan fingerprint density at radius 1 is 1.30 bits per heavy atom. The topological polar surface area (TPSA) is 49.3 Å². The quantitative estimate of drug-likeness (QED) is 0.809. The van der Waals surface area contributed by atoms with Gasteiger partial charge in [-0.1, -0.05) is 23.8 Å². The number of aliphatic hydroxyl groups is 1. The van der Waals surface area contributed by atoms with E-state index in [0.717, 1.165) is 43.4 Å². The Morgan fingerprint density at radius 2 is 2.09 bits per heavy atom. The highest BCUT2D eigenvalue weighted by Crippen LogP contribution is 2.30. The molecule has 23 heavy (non-hydrogen) atoms. The van der Waals surface area contributed by atoms with E-state index in [1.54, 1.807) is 0 Å². The van der Waals surface area contributed by atoms with E-state index >= 15 is 0 Å². The molecule has 3 nitrogen and oxygen atoms in total. The summed E-state index contributed by atoms with van der Waals surface area (Å²) in [4.78, 5) is 11.8. The normalized spacial score (nSPS) is 16.6. The molecule has 0 saturated carbocycles. The molecule has 1 aliphatic carbocycles. The molecule has 0 heterocycles. The van der Waals surface area contributed by atoms with E-state index in [9.17, 15) is 23.1 Å². The summed E-state index contributed by atoms with van der Waals surface area (Å²) in [6, 6.07) is 4.51. The number of carbonyl (C=O) groups is 1. The molecule has 1 atom stereocenters. The molecule has 1 aromatic carbocycles. The number of allylic oxidation sites excluding steroid dienone is 1. The Bertz CT molecular complexity index is 581. The fourth-order valence-electron chi connectivity index (χ4n) is 2.58. The molecule has 0 aliphatic heterocycles. The molecule has 2 rings (SSSR count). The summed E-state index contributed by atoms with van der Waals surface area (Å²) in [5.41, 5.74) is 0.409. The fourth-order valence-corrected chi connectivity index (χ4v) is 2.58. The molecule has 0 radical (unpaired) electrons. The molecule has 6 heteroatoms. The van der Waals surface area contributed by atoms with Crippen LogP contribution < -0.4 is 5.32 Å². The van der Waals surface area contributed by atoms with Gasteiger partial charge >= 0.3 is 6.18 Å². The number of alkyl halides is 3. The van der Waals surface area contributed by atoms with Gasteiger partial charge in [0.2, 0.25) is 5.91 Å². The van der Waals surface area contributed by atoms with Crippen LogP contribution >= 0.6 is 0 Å². The van der Waals surface area contributed by atoms with Crippen LogP contribution in [0.3, 0.4) is 0 Å². The molecule has 126 valence electrons. The number of carbonyl (C=O) groups excluding carboxylic acids is 1. The van der Waals surface area contributed by atoms with E-state index < -0.39 is 17.8 Å². The number of aliphatic hydroxyl groups excluding tert-OH is 1. The summed E-state index contributed by atoms with van der Waals surface area (Å²) in [6.45, 7) is -0.104. The van der Waals surface area contributed by atoms with Crippen LogP contribution in [0.5, 0.6) is 0 Å². The first-order valence-corrected chi connectivity index (χ1v) is 7.66. The zero-order valence-corrected chi connectivity index (χ0v) is 12.7. The second kappa shape index (κ2) is 7.64. The van der Waals surface area contributed by atoms with Crippen LogP contribution in [0.15, 0.2) is 35.9 Å². The van der Waals surface area contributed by atoms with Gasteiger partial charge in [-0.2, -0.15) is 13.2 Å². The first-order valence-electron chi connectivity index (χ1n) is 7.66. The minimum atomic E-state index is -4.45. The predicted octanol–water partition coefficient (Wildman–Crippen LogP) is 3.75. The lowest BCUT2D eigenvalue weighted by Crippen LogP contribution is -2.28. The van der Waals surface area contributed by atoms with Crippen LogP contribution in [0.2, 0.25) is 0 Å². The molecular weight excluding hydrogens is 307 g/mol. The van der Waals surface area contributed by atoms with Crippen molar-refractivity contribution in [2.45, 2.75) is 44.4 Å². The average molecular weight is 327 g/mol. The van der Waals surface area contributed by atoms with Crippen LogP contribution in [0.25, 0.3) is 0 Å². The third-order valence-electron chi connectivity index (χ3n) is 3.86. The number of amides is 1. The van der Waals surface area contributed by atoms with Gasteiger partial charge in [0.05, 0.1) is 11.7 Å². The molecule has 1 aliphatic rings. The van der Waals surface area contributed by atoms with Gasteiger partial charge in [0.1, 0.15) is 0 Å². The van der Waals surface area contributed by atoms with Crippen molar-refractivity contribution in [1.82, 2.24) is 5.32 Å². The molecule has 2 N–H and O–H groups in total. The number of rotatable bonds is 5. The molecule has 0 aromatic heterocycles. The standard InChI is InChI=1S/C17H20F3NO2/c18-17(19,20)14-8-4-7-13(10-14)15(22)11-21-16(23)9-12-5-2-1-3-6-12/h4-5,7-8,10,15,22H,1-3,6,9,11H2,(H,21,23). The van der Waals surface area contributed by atoms with Crippen LogP contribution in [0.1, 0.15) is 49.3 Å². The number of benzene rings is 1. The van der Waals surface area contributed by atoms with E-state index in [1.807, 2.05) is 0 Å². The van der Waals surface area contributed by atoms with Gasteiger partial charge in [-0.05, 0) is 43.4 Å². The van der Waals surface area contributed by atoms with Crippen molar-refractivity contribution in [3.8, 4) is 0 Å². The molecule has 1 amide bonds. The van der Waals surface area contributed by atoms with Crippen LogP contribution in [0.4, 0.5) is 13.2 Å². The molecular formula is C17H20F3NO2. The molecule has 0 bridgehead atoms. The summed E-state index contributed by atoms with van der Waals surface area (Å²) < 4.78 is 37.9. The minimum Gasteiger partial charge on any atom is -0.387 e. The van der Waals surface area contributed by atoms with Crippen molar-refractivity contribution in [2.24, 2.45) is 0 Å². The molecule has 1 unspecified atom stereocenters. The maximum absolute atomic E-state index is 12.6. The second-order valence-corrected chi connectivity index (χ2v) is 5.73. The van der Waals surface area contributed by atoms with Gasteiger partial charge in [-0.15, -0.1) is 0 Å². The van der Waals surface area contributed by atoms with E-state index in [0.29, 0.717) is 0 Å². The second-order valence-electron chi connectivity index (χ2n) is 5.73. The third-order valence-corrected chi connectivity index (χ3v) is 3.86. The smallest absolute Gasteiger partial charge is 0.387 e. The highest BCUT2D eigenvalue weighted by molar-refractivity contribution is 5.78. The van der Waals surface area contributed by atoms with Gasteiger partial charge in [0.15, 0.2) is 0 Å². The van der Waals surface area contributed by atoms with Gasteiger partial charge < -0.3 is 10.4 Å². The van der Waals surface area contributed by atoms with Crippen molar-refractivity contribution in [3.63, 3.8) is 0 Å². The van der Waals surface area contributed by atoms with Crippen LogP contribution in [0, 0.1) is 0 Å². The van der Waals surface area contributed by atoms with Crippen molar-refractivity contribution < 1.29 is 23.1 Å². The summed E-state index contributed by atoms with van der Waals surface area (Å²) in [6.07, 6.45) is 0.833. The number of hydrogen-bond donors (Lipinski definition) is 2. The lowest BCUT2D eigenvalue weighted by atomic mass is 9.97. The van der Waals surface area contributed by atoms with Crippen molar-refractivity contribution in [3.05, 3.63) is 47.0 Å². The van der Waals surface area contributed by atoms with Crippen molar-refractivity contribution in [2.75, 3.05) is 6.54 Å². The summed E-state index contributed by atoms with van der Waals surface area (Å²) in [5, 5.41) is 12.5. The maximum Gasteiger partial charge on any atom is 0.416 e. The number of nitrogens with one attached hydrogen (secondary N) is 1. The fraction of sp³-hybridized carbons (Fsp3) is 0.471. The van der Waals surface area contributed by atoms with E-state index in [2.05, 4.69) is 11.4 Å². The Morgan fingerprint density at radius 3 is 2.74 bits per heavy atom. The van der Waals surface area contributed by atoms with Crippen LogP contribution in [-0.4, -0.2) is 17.6 Å². The van der Waals surface area contributed by atoms with Crippen molar-refractivity contribution >= 4 is 5.91 Å². The number of hydrogen-bond acceptors (Lipinski definition) is 2. The summed E-state index contributed by atoms with van der Waals surface area (Å²) >= 11 is 0. The maximum atomic E-state index is 12.6. The Kier molecular flexibility index (Phi) is 5.82. The minimum absolute atomic E-state index is 0.104. The molecule has 0 fully saturated rings. The zero-order chi connectivity index (χ0) is 16.9. The lowest BCUT2D eigenvalue weighted by Gasteiger charge is -2.16. The summed E-state index contributed by atoms with van der Waals surface area (Å²) in [7, 11) is 0. The van der Waals surface area contributed by atoms with Gasteiger partial charge in [-0.3, -0.25) is 4.79 Å².